The Kier molecular flexibility index (Phi) is 20.0. The average Bonchev–Trinajstić information content (AvgIpc) is 3.93. The van der Waals surface area contributed by atoms with Crippen molar-refractivity contribution in [3.63, 3.8) is 0 Å². The third kappa shape index (κ3) is 14.7. The van der Waals surface area contributed by atoms with Crippen LogP contribution in [0.5, 0.6) is 11.5 Å². The van der Waals surface area contributed by atoms with Gasteiger partial charge in [-0.2, -0.15) is 0 Å². The van der Waals surface area contributed by atoms with Gasteiger partial charge in [0.2, 0.25) is 0 Å². The van der Waals surface area contributed by atoms with Gasteiger partial charge in [-0.1, -0.05) is 189 Å². The molecule has 1 aromatic rings. The van der Waals surface area contributed by atoms with Gasteiger partial charge in [-0.15, -0.1) is 0 Å². The van der Waals surface area contributed by atoms with Crippen molar-refractivity contribution in [2.45, 2.75) is 256 Å². The first kappa shape index (κ1) is 59.6. The van der Waals surface area contributed by atoms with Crippen molar-refractivity contribution in [2.75, 3.05) is 0 Å². The maximum Gasteiger partial charge on any atom is 0.127 e. The summed E-state index contributed by atoms with van der Waals surface area (Å²) in [6.45, 7) is 38.4. The molecule has 2 aliphatic carbocycles. The molecule has 0 aromatic heterocycles. The summed E-state index contributed by atoms with van der Waals surface area (Å²) in [6.07, 6.45) is 43.5. The van der Waals surface area contributed by atoms with Crippen LogP contribution < -0.4 is 9.47 Å². The van der Waals surface area contributed by atoms with Gasteiger partial charge in [-0.3, -0.25) is 0 Å². The minimum Gasteiger partial charge on any atom is -0.487 e. The summed E-state index contributed by atoms with van der Waals surface area (Å²) in [5, 5.41) is 21.0. The standard InChI is InChI=1S/C69H104O5/c1-46(2)24-20-26-48(4)28-21-29-49(5)31-23-37-67(16)38-36-59-60-42-56(40-51(7)35-39-69-66(14,15)44-58(71)45-68(69,17)74-69)62(72-63(60)54(10)55(11)64(59)73-67)52(8)32-19-18-25-47(3)27-22-30-50(6)33-34-61-53(9)41-57(70)43-65(61,12)13/h18-19,22,25,27,30,32-35,39-40,46,48-49,56-58,62,70-71H,20-21,23-24,26,28-29,31,36-38,41-45H2,1-17H3/b19-18+,27-22+,34-33+,39-35+,47-25+,50-30+,51-40-,52-32+/t48-,49-,56-,57-,58+,62+,67-,68-,69+/m1/s1. The Morgan fingerprint density at radius 3 is 1.95 bits per heavy atom. The first-order valence-electron chi connectivity index (χ1n) is 29.4. The number of allylic oxidation sites excluding steroid dienone is 14. The molecule has 6 rings (SSSR count). The Morgan fingerprint density at radius 2 is 1.28 bits per heavy atom. The van der Waals surface area contributed by atoms with Crippen molar-refractivity contribution < 1.29 is 24.4 Å². The van der Waals surface area contributed by atoms with Crippen molar-refractivity contribution in [1.82, 2.24) is 0 Å². The molecule has 1 aromatic carbocycles. The summed E-state index contributed by atoms with van der Waals surface area (Å²) >= 11 is 0. The number of epoxide rings is 1. The molecule has 410 valence electrons. The second-order valence-electron chi connectivity index (χ2n) is 26.9. The van der Waals surface area contributed by atoms with E-state index >= 15 is 0 Å². The second-order valence-corrected chi connectivity index (χ2v) is 26.9. The molecule has 0 amide bonds. The summed E-state index contributed by atoms with van der Waals surface area (Å²) in [4.78, 5) is 0. The van der Waals surface area contributed by atoms with E-state index in [2.05, 4.69) is 191 Å². The lowest BCUT2D eigenvalue weighted by Crippen LogP contribution is -2.46. The van der Waals surface area contributed by atoms with E-state index in [-0.39, 0.29) is 51.9 Å². The van der Waals surface area contributed by atoms with Gasteiger partial charge < -0.3 is 24.4 Å². The predicted molar refractivity (Wildman–Crippen MR) is 314 cm³/mol. The molecule has 0 unspecified atom stereocenters. The first-order valence-corrected chi connectivity index (χ1v) is 29.4. The summed E-state index contributed by atoms with van der Waals surface area (Å²) in [7, 11) is 0. The summed E-state index contributed by atoms with van der Waals surface area (Å²) < 4.78 is 21.1. The molecule has 1 saturated heterocycles. The van der Waals surface area contributed by atoms with E-state index in [1.807, 2.05) is 0 Å². The van der Waals surface area contributed by atoms with Crippen molar-refractivity contribution in [3.8, 4) is 11.5 Å². The number of benzene rings is 1. The molecule has 5 nitrogen and oxygen atoms in total. The van der Waals surface area contributed by atoms with E-state index in [1.54, 1.807) is 0 Å². The number of aliphatic hydroxyl groups excluding tert-OH is 2. The largest absolute Gasteiger partial charge is 0.487 e. The van der Waals surface area contributed by atoms with Crippen LogP contribution in [-0.2, 0) is 17.6 Å². The molecule has 0 spiro atoms. The highest BCUT2D eigenvalue weighted by atomic mass is 16.6. The van der Waals surface area contributed by atoms with Gasteiger partial charge in [0.05, 0.1) is 12.2 Å². The molecule has 9 atom stereocenters. The smallest absolute Gasteiger partial charge is 0.127 e. The highest BCUT2D eigenvalue weighted by Crippen LogP contribution is 2.66. The molecular formula is C69H104O5. The Morgan fingerprint density at radius 1 is 0.662 bits per heavy atom. The van der Waals surface area contributed by atoms with Gasteiger partial charge in [0.15, 0.2) is 0 Å². The maximum absolute atomic E-state index is 10.7. The lowest BCUT2D eigenvalue weighted by molar-refractivity contribution is 0.0502. The van der Waals surface area contributed by atoms with Crippen LogP contribution >= 0.6 is 0 Å². The number of rotatable bonds is 22. The third-order valence-corrected chi connectivity index (χ3v) is 18.3. The summed E-state index contributed by atoms with van der Waals surface area (Å²) in [5.41, 5.74) is 11.4. The van der Waals surface area contributed by atoms with Crippen LogP contribution in [0, 0.1) is 48.3 Å². The van der Waals surface area contributed by atoms with E-state index in [9.17, 15) is 10.2 Å². The highest BCUT2D eigenvalue weighted by molar-refractivity contribution is 5.61. The molecule has 1 saturated carbocycles. The van der Waals surface area contributed by atoms with Gasteiger partial charge in [0.25, 0.3) is 0 Å². The maximum atomic E-state index is 10.7. The van der Waals surface area contributed by atoms with E-state index in [4.69, 9.17) is 14.2 Å². The van der Waals surface area contributed by atoms with Crippen molar-refractivity contribution >= 4 is 0 Å². The van der Waals surface area contributed by atoms with Crippen LogP contribution in [0.3, 0.4) is 0 Å². The zero-order valence-electron chi connectivity index (χ0n) is 49.9. The minimum absolute atomic E-state index is 0.0268. The van der Waals surface area contributed by atoms with E-state index < -0.39 is 0 Å². The molecule has 3 aliphatic heterocycles. The Hall–Kier alpha value is -3.64. The zero-order chi connectivity index (χ0) is 54.4. The topological polar surface area (TPSA) is 71.5 Å². The molecule has 5 heteroatoms. The van der Waals surface area contributed by atoms with Gasteiger partial charge in [0.1, 0.15) is 34.4 Å². The predicted octanol–water partition coefficient (Wildman–Crippen LogP) is 18.0. The number of hydrogen-bond donors (Lipinski definition) is 2. The molecular weight excluding hydrogens is 909 g/mol. The quantitative estimate of drug-likeness (QED) is 0.0894. The van der Waals surface area contributed by atoms with Gasteiger partial charge >= 0.3 is 0 Å². The molecule has 5 aliphatic rings. The van der Waals surface area contributed by atoms with Gasteiger partial charge in [0, 0.05) is 28.9 Å². The van der Waals surface area contributed by atoms with E-state index in [0.717, 1.165) is 74.2 Å². The molecule has 0 bridgehead atoms. The van der Waals surface area contributed by atoms with Crippen molar-refractivity contribution in [3.05, 3.63) is 129 Å². The summed E-state index contributed by atoms with van der Waals surface area (Å²) in [6, 6.07) is 0. The molecule has 2 fully saturated rings. The third-order valence-electron chi connectivity index (χ3n) is 18.3. The fourth-order valence-electron chi connectivity index (χ4n) is 13.7. The van der Waals surface area contributed by atoms with Crippen LogP contribution in [0.2, 0.25) is 0 Å². The van der Waals surface area contributed by atoms with Crippen LogP contribution in [0.4, 0.5) is 0 Å². The molecule has 3 heterocycles. The first-order chi connectivity index (χ1) is 34.7. The number of aliphatic hydroxyl groups is 2. The fourth-order valence-corrected chi connectivity index (χ4v) is 13.7. The van der Waals surface area contributed by atoms with Gasteiger partial charge in [-0.05, 0) is 165 Å². The molecule has 74 heavy (non-hydrogen) atoms. The van der Waals surface area contributed by atoms with Crippen LogP contribution in [0.25, 0.3) is 0 Å². The fraction of sp³-hybridized carbons (Fsp3) is 0.652. The summed E-state index contributed by atoms with van der Waals surface area (Å²) in [5.74, 6) is 4.69. The molecule has 0 radical (unpaired) electrons. The average molecular weight is 1010 g/mol. The normalized spacial score (nSPS) is 30.3. The number of fused-ring (bicyclic) bond motifs is 4. The number of hydrogen-bond acceptors (Lipinski definition) is 5. The van der Waals surface area contributed by atoms with E-state index in [1.165, 1.54) is 107 Å². The molecule has 2 N–H and O–H groups in total. The van der Waals surface area contributed by atoms with Crippen molar-refractivity contribution in [1.29, 1.82) is 0 Å². The van der Waals surface area contributed by atoms with Crippen LogP contribution in [-0.4, -0.2) is 45.3 Å². The van der Waals surface area contributed by atoms with Gasteiger partial charge in [-0.25, -0.2) is 0 Å². The zero-order valence-corrected chi connectivity index (χ0v) is 49.9. The lowest BCUT2D eigenvalue weighted by Gasteiger charge is -2.41. The van der Waals surface area contributed by atoms with Crippen molar-refractivity contribution in [2.24, 2.45) is 34.5 Å². The Balaban J connectivity index is 1.17. The number of ether oxygens (including phenoxy) is 3. The van der Waals surface area contributed by atoms with Crippen LogP contribution in [0.1, 0.15) is 216 Å². The Bertz CT molecular complexity index is 2410. The second kappa shape index (κ2) is 24.8. The van der Waals surface area contributed by atoms with E-state index in [0.29, 0.717) is 6.42 Å². The minimum atomic E-state index is -0.382. The Labute approximate surface area is 452 Å². The van der Waals surface area contributed by atoms with Crippen LogP contribution in [0.15, 0.2) is 106 Å². The SMILES string of the molecule is CC1=C(/C=C/C(C)=C/C=C/C(C)=C/C=C/C=C(\C)[C@@H]2Oc3c(C)c(C)c4c(c3C[C@H]2/C=C(C)\C=C\[C@@]23O[C@]2(C)C[C@@H](O)CC3(C)C)CC[C@@](C)(CCC[C@H](C)CCC[C@H](C)CCCC(C)C)O4)C(C)(C)C[C@H](O)C1. The monoisotopic (exact) mass is 1010 g/mol. The highest BCUT2D eigenvalue weighted by Gasteiger charge is 2.74. The lowest BCUT2D eigenvalue weighted by atomic mass is 9.63.